The summed E-state index contributed by atoms with van der Waals surface area (Å²) >= 11 is 0. The van der Waals surface area contributed by atoms with E-state index in [1.165, 1.54) is 0 Å². The summed E-state index contributed by atoms with van der Waals surface area (Å²) in [6, 6.07) is 8.80. The van der Waals surface area contributed by atoms with Crippen molar-refractivity contribution in [3.05, 3.63) is 47.2 Å². The van der Waals surface area contributed by atoms with Crippen molar-refractivity contribution in [2.75, 3.05) is 11.9 Å². The minimum absolute atomic E-state index is 0.00176. The molecule has 0 aliphatic heterocycles. The van der Waals surface area contributed by atoms with Crippen LogP contribution in [0.25, 0.3) is 0 Å². The fourth-order valence-electron chi connectivity index (χ4n) is 4.29. The van der Waals surface area contributed by atoms with Crippen LogP contribution in [0.2, 0.25) is 0 Å². The molecule has 0 bridgehead atoms. The lowest BCUT2D eigenvalue weighted by Gasteiger charge is -2.32. The van der Waals surface area contributed by atoms with Gasteiger partial charge in [0, 0.05) is 31.5 Å². The summed E-state index contributed by atoms with van der Waals surface area (Å²) in [5.74, 6) is 0.229. The molecule has 34 heavy (non-hydrogen) atoms. The number of benzene rings is 1. The van der Waals surface area contributed by atoms with Crippen LogP contribution >= 0.6 is 0 Å². The van der Waals surface area contributed by atoms with E-state index in [1.807, 2.05) is 31.2 Å². The molecule has 0 unspecified atom stereocenters. The molecule has 2 N–H and O–H groups in total. The topological polar surface area (TPSA) is 105 Å². The zero-order chi connectivity index (χ0) is 24.5. The molecule has 8 heteroatoms. The Kier molecular flexibility index (Phi) is 9.24. The molecule has 1 fully saturated rings. The van der Waals surface area contributed by atoms with Crippen molar-refractivity contribution in [3.63, 3.8) is 0 Å². The van der Waals surface area contributed by atoms with E-state index in [9.17, 15) is 14.4 Å². The highest BCUT2D eigenvalue weighted by Gasteiger charge is 2.32. The normalized spacial score (nSPS) is 14.6. The highest BCUT2D eigenvalue weighted by Crippen LogP contribution is 2.26. The van der Waals surface area contributed by atoms with Gasteiger partial charge in [-0.1, -0.05) is 61.2 Å². The third-order valence-corrected chi connectivity index (χ3v) is 6.19. The number of rotatable bonds is 11. The molecule has 0 saturated heterocycles. The number of hydrogen-bond donors (Lipinski definition) is 2. The molecule has 0 radical (unpaired) electrons. The van der Waals surface area contributed by atoms with Gasteiger partial charge in [0.1, 0.15) is 11.8 Å². The van der Waals surface area contributed by atoms with Crippen LogP contribution in [0, 0.1) is 13.8 Å². The van der Waals surface area contributed by atoms with Crippen LogP contribution in [0.5, 0.6) is 0 Å². The van der Waals surface area contributed by atoms with Crippen LogP contribution in [0.15, 0.2) is 34.9 Å². The standard InChI is InChI=1S/C26H36N4O4/c1-4-5-16-30(24(32)15-14-23(31)28-22-17-19(3)34-29-22)25(20-12-10-18(2)11-13-20)26(33)27-21-8-6-7-9-21/h10-13,17,21,25H,4-9,14-16H2,1-3H3,(H,27,33)(H,28,29,31)/t25-/m1/s1. The van der Waals surface area contributed by atoms with Crippen molar-refractivity contribution in [1.82, 2.24) is 15.4 Å². The fraction of sp³-hybridized carbons (Fsp3) is 0.538. The van der Waals surface area contributed by atoms with Crippen LogP contribution in [0.3, 0.4) is 0 Å². The second-order valence-corrected chi connectivity index (χ2v) is 9.11. The highest BCUT2D eigenvalue weighted by atomic mass is 16.5. The first-order valence-electron chi connectivity index (χ1n) is 12.3. The highest BCUT2D eigenvalue weighted by molar-refractivity contribution is 5.94. The van der Waals surface area contributed by atoms with Crippen molar-refractivity contribution in [3.8, 4) is 0 Å². The van der Waals surface area contributed by atoms with E-state index in [4.69, 9.17) is 4.52 Å². The first kappa shape index (κ1) is 25.5. The maximum Gasteiger partial charge on any atom is 0.247 e. The Hall–Kier alpha value is -3.16. The summed E-state index contributed by atoms with van der Waals surface area (Å²) in [4.78, 5) is 40.8. The molecule has 8 nitrogen and oxygen atoms in total. The molecule has 1 saturated carbocycles. The zero-order valence-electron chi connectivity index (χ0n) is 20.4. The molecular weight excluding hydrogens is 432 g/mol. The monoisotopic (exact) mass is 468 g/mol. The average Bonchev–Trinajstić information content (AvgIpc) is 3.47. The van der Waals surface area contributed by atoms with E-state index in [2.05, 4.69) is 22.7 Å². The Morgan fingerprint density at radius 2 is 1.82 bits per heavy atom. The summed E-state index contributed by atoms with van der Waals surface area (Å²) in [6.45, 7) is 6.23. The summed E-state index contributed by atoms with van der Waals surface area (Å²) < 4.78 is 4.96. The number of nitrogens with one attached hydrogen (secondary N) is 2. The number of nitrogens with zero attached hydrogens (tertiary/aromatic N) is 2. The Morgan fingerprint density at radius 1 is 1.12 bits per heavy atom. The second kappa shape index (κ2) is 12.3. The van der Waals surface area contributed by atoms with E-state index in [0.717, 1.165) is 49.7 Å². The third kappa shape index (κ3) is 7.17. The molecular formula is C26H36N4O4. The Labute approximate surface area is 201 Å². The van der Waals surface area contributed by atoms with Gasteiger partial charge in [0.2, 0.25) is 17.7 Å². The van der Waals surface area contributed by atoms with E-state index in [-0.39, 0.29) is 36.6 Å². The van der Waals surface area contributed by atoms with Crippen molar-refractivity contribution in [1.29, 1.82) is 0 Å². The van der Waals surface area contributed by atoms with Crippen LogP contribution in [-0.2, 0) is 14.4 Å². The Bertz CT molecular complexity index is 963. The summed E-state index contributed by atoms with van der Waals surface area (Å²) in [5.41, 5.74) is 1.87. The maximum atomic E-state index is 13.5. The predicted molar refractivity (Wildman–Crippen MR) is 130 cm³/mol. The number of hydrogen-bond acceptors (Lipinski definition) is 5. The van der Waals surface area contributed by atoms with Gasteiger partial charge in [-0.3, -0.25) is 14.4 Å². The quantitative estimate of drug-likeness (QED) is 0.507. The van der Waals surface area contributed by atoms with Crippen molar-refractivity contribution >= 4 is 23.5 Å². The van der Waals surface area contributed by atoms with Gasteiger partial charge in [0.05, 0.1) is 0 Å². The van der Waals surface area contributed by atoms with E-state index in [1.54, 1.807) is 17.9 Å². The van der Waals surface area contributed by atoms with Gasteiger partial charge >= 0.3 is 0 Å². The molecule has 1 atom stereocenters. The van der Waals surface area contributed by atoms with E-state index in [0.29, 0.717) is 18.1 Å². The molecule has 1 heterocycles. The number of anilines is 1. The van der Waals surface area contributed by atoms with Crippen molar-refractivity contribution in [2.45, 2.75) is 84.2 Å². The molecule has 1 aromatic heterocycles. The van der Waals surface area contributed by atoms with Crippen LogP contribution in [0.4, 0.5) is 5.82 Å². The summed E-state index contributed by atoms with van der Waals surface area (Å²) in [6.07, 6.45) is 5.82. The number of unbranched alkanes of at least 4 members (excludes halogenated alkanes) is 1. The first-order valence-corrected chi connectivity index (χ1v) is 12.3. The number of amides is 3. The summed E-state index contributed by atoms with van der Waals surface area (Å²) in [7, 11) is 0. The lowest BCUT2D eigenvalue weighted by atomic mass is 10.0. The molecule has 184 valence electrons. The van der Waals surface area contributed by atoms with Crippen LogP contribution in [0.1, 0.15) is 81.2 Å². The lowest BCUT2D eigenvalue weighted by Crippen LogP contribution is -2.46. The van der Waals surface area contributed by atoms with Gasteiger partial charge in [-0.15, -0.1) is 0 Å². The maximum absolute atomic E-state index is 13.5. The third-order valence-electron chi connectivity index (χ3n) is 6.19. The molecule has 1 aliphatic carbocycles. The van der Waals surface area contributed by atoms with E-state index >= 15 is 0 Å². The lowest BCUT2D eigenvalue weighted by molar-refractivity contribution is -0.141. The van der Waals surface area contributed by atoms with Gasteiger partial charge in [0.25, 0.3) is 0 Å². The van der Waals surface area contributed by atoms with Gasteiger partial charge in [-0.2, -0.15) is 0 Å². The van der Waals surface area contributed by atoms with Crippen molar-refractivity contribution < 1.29 is 18.9 Å². The van der Waals surface area contributed by atoms with Crippen molar-refractivity contribution in [2.24, 2.45) is 0 Å². The van der Waals surface area contributed by atoms with Gasteiger partial charge in [-0.05, 0) is 38.7 Å². The number of aromatic nitrogens is 1. The Balaban J connectivity index is 1.75. The van der Waals surface area contributed by atoms with E-state index < -0.39 is 6.04 Å². The predicted octanol–water partition coefficient (Wildman–Crippen LogP) is 4.44. The largest absolute Gasteiger partial charge is 0.360 e. The number of carbonyl (C=O) groups excluding carboxylic acids is 3. The fourth-order valence-corrected chi connectivity index (χ4v) is 4.29. The van der Waals surface area contributed by atoms with Crippen LogP contribution < -0.4 is 10.6 Å². The molecule has 3 amide bonds. The molecule has 1 aromatic carbocycles. The molecule has 1 aliphatic rings. The Morgan fingerprint density at radius 3 is 2.44 bits per heavy atom. The SMILES string of the molecule is CCCCN(C(=O)CCC(=O)Nc1cc(C)on1)[C@@H](C(=O)NC1CCCC1)c1ccc(C)cc1. The number of aryl methyl sites for hydroxylation is 2. The summed E-state index contributed by atoms with van der Waals surface area (Å²) in [5, 5.41) is 9.57. The zero-order valence-corrected chi connectivity index (χ0v) is 20.4. The molecule has 0 spiro atoms. The average molecular weight is 469 g/mol. The van der Waals surface area contributed by atoms with Gasteiger partial charge in [0.15, 0.2) is 5.82 Å². The molecule has 3 rings (SSSR count). The van der Waals surface area contributed by atoms with Gasteiger partial charge in [-0.25, -0.2) is 0 Å². The first-order chi connectivity index (χ1) is 16.4. The van der Waals surface area contributed by atoms with Gasteiger partial charge < -0.3 is 20.1 Å². The molecule has 2 aromatic rings. The van der Waals surface area contributed by atoms with Crippen LogP contribution in [-0.4, -0.2) is 40.4 Å². The minimum Gasteiger partial charge on any atom is -0.360 e. The number of carbonyl (C=O) groups is 3. The minimum atomic E-state index is -0.721. The smallest absolute Gasteiger partial charge is 0.247 e. The second-order valence-electron chi connectivity index (χ2n) is 9.11.